The first-order valence-corrected chi connectivity index (χ1v) is 5.97. The molecule has 110 valence electrons. The van der Waals surface area contributed by atoms with Gasteiger partial charge in [-0.05, 0) is 17.7 Å². The monoisotopic (exact) mass is 356 g/mol. The average molecular weight is 356 g/mol. The Kier molecular flexibility index (Phi) is 20.9. The first-order chi connectivity index (χ1) is 10.0. The topological polar surface area (TPSA) is 116 Å². The molecule has 2 aromatic carbocycles. The van der Waals surface area contributed by atoms with Crippen LogP contribution >= 0.6 is 0 Å². The number of ether oxygens (including phenoxy) is 1. The van der Waals surface area contributed by atoms with Crippen LogP contribution in [0, 0.1) is 0 Å². The summed E-state index contributed by atoms with van der Waals surface area (Å²) in [4.78, 5) is 11.7. The van der Waals surface area contributed by atoms with E-state index in [4.69, 9.17) is 19.8 Å². The summed E-state index contributed by atoms with van der Waals surface area (Å²) in [6.07, 6.45) is 0. The van der Waals surface area contributed by atoms with E-state index in [9.17, 15) is 9.90 Å². The number of aromatic hydroxyl groups is 1. The van der Waals surface area contributed by atoms with Crippen LogP contribution in [-0.2, 0) is 11.3 Å². The second-order valence-corrected chi connectivity index (χ2v) is 3.87. The van der Waals surface area contributed by atoms with Gasteiger partial charge < -0.3 is 24.9 Å². The van der Waals surface area contributed by atoms with Crippen molar-refractivity contribution in [1.82, 2.24) is 0 Å². The predicted molar refractivity (Wildman–Crippen MR) is 69.4 cm³/mol. The molecule has 0 saturated heterocycles. The molecule has 0 atom stereocenters. The van der Waals surface area contributed by atoms with E-state index in [1.54, 1.807) is 12.1 Å². The molecule has 2 rings (SSSR count). The molecule has 0 amide bonds. The Morgan fingerprint density at radius 2 is 1.38 bits per heavy atom. The molecular formula is C14H12BNa3O6. The summed E-state index contributed by atoms with van der Waals surface area (Å²) >= 11 is 0. The van der Waals surface area contributed by atoms with E-state index in [1.807, 2.05) is 30.3 Å². The number of carbonyl (C=O) groups excluding carboxylic acids is 1. The van der Waals surface area contributed by atoms with Gasteiger partial charge in [-0.15, -0.1) is 0 Å². The maximum Gasteiger partial charge on any atom is 1.00 e. The van der Waals surface area contributed by atoms with Crippen LogP contribution in [0.5, 0.6) is 5.75 Å². The third kappa shape index (κ3) is 12.9. The Bertz CT molecular complexity index is 569. The number of hydrogen-bond donors (Lipinski definition) is 1. The number of carbonyl (C=O) groups is 1. The predicted octanol–water partition coefficient (Wildman–Crippen LogP) is -10.2. The van der Waals surface area contributed by atoms with Gasteiger partial charge >= 0.3 is 94.6 Å². The Morgan fingerprint density at radius 1 is 0.917 bits per heavy atom. The second-order valence-electron chi connectivity index (χ2n) is 3.87. The van der Waals surface area contributed by atoms with Crippen molar-refractivity contribution in [1.29, 1.82) is 0 Å². The summed E-state index contributed by atoms with van der Waals surface area (Å²) in [5.74, 6) is -0.586. The van der Waals surface area contributed by atoms with Gasteiger partial charge in [-0.3, -0.25) is 7.32 Å². The molecule has 2 aromatic rings. The Morgan fingerprint density at radius 3 is 1.88 bits per heavy atom. The standard InChI is InChI=1S/C14H12O3.BO3.3Na/c15-13-9-5-4-8-12(13)14(16)17-10-11-6-2-1-3-7-11;2-1(3)4;;;/h1-9,15H,10H2;;;;/q;-3;3*+1. The molecule has 0 aromatic heterocycles. The van der Waals surface area contributed by atoms with E-state index in [-0.39, 0.29) is 107 Å². The maximum absolute atomic E-state index is 11.7. The summed E-state index contributed by atoms with van der Waals surface area (Å²) in [6, 6.07) is 15.7. The van der Waals surface area contributed by atoms with Gasteiger partial charge in [0.1, 0.15) is 17.9 Å². The number of rotatable bonds is 3. The number of benzene rings is 2. The van der Waals surface area contributed by atoms with Crippen LogP contribution in [0.4, 0.5) is 0 Å². The van der Waals surface area contributed by atoms with Crippen LogP contribution in [-0.4, -0.2) is 18.4 Å². The van der Waals surface area contributed by atoms with E-state index >= 15 is 0 Å². The molecule has 10 heteroatoms. The number of phenols is 1. The van der Waals surface area contributed by atoms with Crippen molar-refractivity contribution in [3.8, 4) is 5.75 Å². The SMILES string of the molecule is O=C(OCc1ccccc1)c1ccccc1O.[Na+].[Na+].[Na+].[O-]B([O-])[O-]. The molecule has 0 radical (unpaired) electrons. The fraction of sp³-hybridized carbons (Fsp3) is 0.0714. The Balaban J connectivity index is -0.000000571. The number of para-hydroxylation sites is 1. The van der Waals surface area contributed by atoms with E-state index < -0.39 is 13.3 Å². The molecule has 0 bridgehead atoms. The molecule has 0 heterocycles. The smallest absolute Gasteiger partial charge is 0.907 e. The number of hydrogen-bond acceptors (Lipinski definition) is 6. The minimum absolute atomic E-state index is 0. The van der Waals surface area contributed by atoms with Crippen LogP contribution < -0.4 is 104 Å². The van der Waals surface area contributed by atoms with Crippen molar-refractivity contribution in [2.75, 3.05) is 0 Å². The van der Waals surface area contributed by atoms with Gasteiger partial charge in [0.15, 0.2) is 0 Å². The summed E-state index contributed by atoms with van der Waals surface area (Å²) < 4.78 is 5.10. The van der Waals surface area contributed by atoms with E-state index in [0.717, 1.165) is 5.56 Å². The molecule has 6 nitrogen and oxygen atoms in total. The van der Waals surface area contributed by atoms with E-state index in [0.29, 0.717) is 0 Å². The van der Waals surface area contributed by atoms with Crippen LogP contribution in [0.3, 0.4) is 0 Å². The molecule has 0 aliphatic heterocycles. The zero-order valence-corrected chi connectivity index (χ0v) is 20.0. The number of phenolic OH excluding ortho intramolecular Hbond substituents is 1. The Hall–Kier alpha value is 0.655. The van der Waals surface area contributed by atoms with Crippen LogP contribution in [0.1, 0.15) is 15.9 Å². The summed E-state index contributed by atoms with van der Waals surface area (Å²) in [5, 5.41) is 34.7. The van der Waals surface area contributed by atoms with Gasteiger partial charge in [0.2, 0.25) is 0 Å². The normalized spacial score (nSPS) is 8.12. The van der Waals surface area contributed by atoms with Gasteiger partial charge in [-0.1, -0.05) is 42.5 Å². The molecular weight excluding hydrogens is 344 g/mol. The van der Waals surface area contributed by atoms with Crippen molar-refractivity contribution < 1.29 is 118 Å². The van der Waals surface area contributed by atoms with Crippen molar-refractivity contribution >= 4 is 13.3 Å². The van der Waals surface area contributed by atoms with Gasteiger partial charge in [-0.2, -0.15) is 0 Å². The van der Waals surface area contributed by atoms with Crippen LogP contribution in [0.15, 0.2) is 54.6 Å². The zero-order chi connectivity index (χ0) is 15.7. The van der Waals surface area contributed by atoms with Crippen molar-refractivity contribution in [3.05, 3.63) is 65.7 Å². The maximum atomic E-state index is 11.7. The molecule has 0 saturated carbocycles. The number of esters is 1. The third-order valence-electron chi connectivity index (χ3n) is 2.34. The van der Waals surface area contributed by atoms with Gasteiger partial charge in [0.25, 0.3) is 0 Å². The molecule has 0 spiro atoms. The summed E-state index contributed by atoms with van der Waals surface area (Å²) in [7, 11) is -2.92. The van der Waals surface area contributed by atoms with Gasteiger partial charge in [0, 0.05) is 0 Å². The molecule has 0 fully saturated rings. The van der Waals surface area contributed by atoms with Crippen molar-refractivity contribution in [2.24, 2.45) is 0 Å². The average Bonchev–Trinajstić information content (AvgIpc) is 2.46. The zero-order valence-electron chi connectivity index (χ0n) is 14.0. The second kappa shape index (κ2) is 17.1. The fourth-order valence-corrected chi connectivity index (χ4v) is 1.45. The minimum Gasteiger partial charge on any atom is -0.907 e. The first-order valence-electron chi connectivity index (χ1n) is 5.97. The quantitative estimate of drug-likeness (QED) is 0.431. The van der Waals surface area contributed by atoms with Crippen LogP contribution in [0.25, 0.3) is 0 Å². The largest absolute Gasteiger partial charge is 1.00 e. The van der Waals surface area contributed by atoms with Gasteiger partial charge in [-0.25, -0.2) is 4.79 Å². The Labute approximate surface area is 207 Å². The molecule has 0 unspecified atom stereocenters. The molecule has 1 N–H and O–H groups in total. The minimum atomic E-state index is -2.92. The molecule has 0 aliphatic rings. The van der Waals surface area contributed by atoms with Gasteiger partial charge in [0.05, 0.1) is 0 Å². The molecule has 24 heavy (non-hydrogen) atoms. The molecule has 0 aliphatic carbocycles. The summed E-state index contributed by atoms with van der Waals surface area (Å²) in [5.41, 5.74) is 1.10. The third-order valence-corrected chi connectivity index (χ3v) is 2.34. The van der Waals surface area contributed by atoms with Crippen molar-refractivity contribution in [3.63, 3.8) is 0 Å². The summed E-state index contributed by atoms with van der Waals surface area (Å²) in [6.45, 7) is 0.202. The fourth-order valence-electron chi connectivity index (χ4n) is 1.45. The van der Waals surface area contributed by atoms with Crippen molar-refractivity contribution in [2.45, 2.75) is 6.61 Å². The first kappa shape index (κ1) is 29.4. The van der Waals surface area contributed by atoms with E-state index in [1.165, 1.54) is 12.1 Å². The van der Waals surface area contributed by atoms with Crippen LogP contribution in [0.2, 0.25) is 0 Å². The van der Waals surface area contributed by atoms with E-state index in [2.05, 4.69) is 0 Å².